The SMILES string of the molecule is Cc1cc(OCC(C)(C#N)NC(C)C)ccc1C(C)C. The van der Waals surface area contributed by atoms with Crippen LogP contribution in [0.15, 0.2) is 18.2 Å². The minimum Gasteiger partial charge on any atom is -0.491 e. The van der Waals surface area contributed by atoms with E-state index in [1.54, 1.807) is 0 Å². The molecule has 0 aromatic heterocycles. The second-order valence-corrected chi connectivity index (χ2v) is 6.20. The van der Waals surface area contributed by atoms with Crippen LogP contribution in [-0.2, 0) is 0 Å². The molecular weight excluding hydrogens is 248 g/mol. The normalized spacial score (nSPS) is 14.2. The highest BCUT2D eigenvalue weighted by molar-refractivity contribution is 5.36. The molecule has 0 aliphatic rings. The van der Waals surface area contributed by atoms with Crippen molar-refractivity contribution in [3.8, 4) is 11.8 Å². The fraction of sp³-hybridized carbons (Fsp3) is 0.588. The molecule has 1 unspecified atom stereocenters. The van der Waals surface area contributed by atoms with Crippen LogP contribution in [-0.4, -0.2) is 18.2 Å². The van der Waals surface area contributed by atoms with E-state index in [9.17, 15) is 5.26 Å². The van der Waals surface area contributed by atoms with Gasteiger partial charge in [0.25, 0.3) is 0 Å². The minimum atomic E-state index is -0.668. The molecule has 0 saturated heterocycles. The summed E-state index contributed by atoms with van der Waals surface area (Å²) >= 11 is 0. The molecule has 0 aliphatic heterocycles. The number of hydrogen-bond acceptors (Lipinski definition) is 3. The number of nitriles is 1. The van der Waals surface area contributed by atoms with E-state index in [0.29, 0.717) is 12.5 Å². The standard InChI is InChI=1S/C17H26N2O/c1-12(2)16-8-7-15(9-14(16)5)20-11-17(6,10-18)19-13(3)4/h7-9,12-13,19H,11H2,1-6H3. The van der Waals surface area contributed by atoms with Gasteiger partial charge in [0.2, 0.25) is 0 Å². The van der Waals surface area contributed by atoms with Crippen LogP contribution < -0.4 is 10.1 Å². The molecule has 3 nitrogen and oxygen atoms in total. The first kappa shape index (κ1) is 16.5. The number of hydrogen-bond donors (Lipinski definition) is 1. The van der Waals surface area contributed by atoms with Crippen molar-refractivity contribution in [3.05, 3.63) is 29.3 Å². The Morgan fingerprint density at radius 1 is 1.30 bits per heavy atom. The van der Waals surface area contributed by atoms with Gasteiger partial charge in [0.1, 0.15) is 17.9 Å². The number of nitrogens with one attached hydrogen (secondary N) is 1. The van der Waals surface area contributed by atoms with E-state index < -0.39 is 5.54 Å². The molecule has 1 N–H and O–H groups in total. The van der Waals surface area contributed by atoms with Gasteiger partial charge in [-0.15, -0.1) is 0 Å². The zero-order valence-corrected chi connectivity index (χ0v) is 13.4. The first-order chi connectivity index (χ1) is 9.27. The Bertz CT molecular complexity index is 488. The van der Waals surface area contributed by atoms with Gasteiger partial charge in [-0.2, -0.15) is 5.26 Å². The Hall–Kier alpha value is -1.53. The second kappa shape index (κ2) is 6.76. The molecule has 0 spiro atoms. The molecule has 1 aromatic carbocycles. The van der Waals surface area contributed by atoms with Gasteiger partial charge >= 0.3 is 0 Å². The first-order valence-electron chi connectivity index (χ1n) is 7.19. The van der Waals surface area contributed by atoms with E-state index in [4.69, 9.17) is 4.74 Å². The second-order valence-electron chi connectivity index (χ2n) is 6.20. The third-order valence-electron chi connectivity index (χ3n) is 3.24. The van der Waals surface area contributed by atoms with Crippen molar-refractivity contribution in [1.82, 2.24) is 5.32 Å². The van der Waals surface area contributed by atoms with Crippen LogP contribution in [0.4, 0.5) is 0 Å². The van der Waals surface area contributed by atoms with Crippen molar-refractivity contribution in [2.24, 2.45) is 0 Å². The van der Waals surface area contributed by atoms with E-state index in [2.05, 4.69) is 38.2 Å². The molecule has 0 saturated carbocycles. The maximum Gasteiger partial charge on any atom is 0.138 e. The highest BCUT2D eigenvalue weighted by atomic mass is 16.5. The van der Waals surface area contributed by atoms with E-state index in [-0.39, 0.29) is 6.04 Å². The zero-order valence-electron chi connectivity index (χ0n) is 13.4. The topological polar surface area (TPSA) is 45.0 Å². The smallest absolute Gasteiger partial charge is 0.138 e. The van der Waals surface area contributed by atoms with Crippen LogP contribution in [0.2, 0.25) is 0 Å². The third kappa shape index (κ3) is 4.54. The molecule has 110 valence electrons. The van der Waals surface area contributed by atoms with E-state index >= 15 is 0 Å². The zero-order chi connectivity index (χ0) is 15.3. The van der Waals surface area contributed by atoms with Gasteiger partial charge in [-0.3, -0.25) is 5.32 Å². The van der Waals surface area contributed by atoms with Gasteiger partial charge in [0.05, 0.1) is 6.07 Å². The Morgan fingerprint density at radius 3 is 2.40 bits per heavy atom. The molecule has 0 heterocycles. The summed E-state index contributed by atoms with van der Waals surface area (Å²) in [6, 6.07) is 8.66. The minimum absolute atomic E-state index is 0.244. The molecule has 0 radical (unpaired) electrons. The molecule has 0 aliphatic carbocycles. The lowest BCUT2D eigenvalue weighted by atomic mass is 9.98. The summed E-state index contributed by atoms with van der Waals surface area (Å²) in [4.78, 5) is 0. The van der Waals surface area contributed by atoms with Crippen LogP contribution in [0.5, 0.6) is 5.75 Å². The quantitative estimate of drug-likeness (QED) is 0.858. The molecule has 20 heavy (non-hydrogen) atoms. The molecule has 0 amide bonds. The summed E-state index contributed by atoms with van der Waals surface area (Å²) < 4.78 is 5.79. The van der Waals surface area contributed by atoms with Crippen molar-refractivity contribution >= 4 is 0 Å². The summed E-state index contributed by atoms with van der Waals surface area (Å²) in [6.45, 7) is 12.7. The molecule has 1 atom stereocenters. The number of aryl methyl sites for hydroxylation is 1. The highest BCUT2D eigenvalue weighted by Crippen LogP contribution is 2.24. The number of benzene rings is 1. The average Bonchev–Trinajstić information content (AvgIpc) is 2.35. The Balaban J connectivity index is 2.75. The summed E-state index contributed by atoms with van der Waals surface area (Å²) in [5, 5.41) is 12.5. The fourth-order valence-corrected chi connectivity index (χ4v) is 2.36. The lowest BCUT2D eigenvalue weighted by Gasteiger charge is -2.26. The van der Waals surface area contributed by atoms with Crippen LogP contribution in [0.1, 0.15) is 51.7 Å². The summed E-state index contributed by atoms with van der Waals surface area (Å²) in [7, 11) is 0. The predicted molar refractivity (Wildman–Crippen MR) is 83.1 cm³/mol. The van der Waals surface area contributed by atoms with Crippen molar-refractivity contribution in [3.63, 3.8) is 0 Å². The number of nitrogens with zero attached hydrogens (tertiary/aromatic N) is 1. The van der Waals surface area contributed by atoms with E-state index in [1.807, 2.05) is 32.9 Å². The Morgan fingerprint density at radius 2 is 1.95 bits per heavy atom. The maximum atomic E-state index is 9.29. The van der Waals surface area contributed by atoms with E-state index in [1.165, 1.54) is 11.1 Å². The summed E-state index contributed by atoms with van der Waals surface area (Å²) in [5.41, 5.74) is 1.90. The number of ether oxygens (including phenoxy) is 1. The average molecular weight is 274 g/mol. The maximum absolute atomic E-state index is 9.29. The molecular formula is C17H26N2O. The van der Waals surface area contributed by atoms with Gasteiger partial charge in [-0.25, -0.2) is 0 Å². The van der Waals surface area contributed by atoms with E-state index in [0.717, 1.165) is 5.75 Å². The molecule has 0 fully saturated rings. The van der Waals surface area contributed by atoms with Crippen LogP contribution in [0.3, 0.4) is 0 Å². The first-order valence-corrected chi connectivity index (χ1v) is 7.19. The largest absolute Gasteiger partial charge is 0.491 e. The van der Waals surface area contributed by atoms with Crippen LogP contribution in [0.25, 0.3) is 0 Å². The molecule has 0 bridgehead atoms. The summed E-state index contributed by atoms with van der Waals surface area (Å²) in [5.74, 6) is 1.33. The molecule has 1 rings (SSSR count). The monoisotopic (exact) mass is 274 g/mol. The lowest BCUT2D eigenvalue weighted by molar-refractivity contribution is 0.225. The molecule has 1 aromatic rings. The van der Waals surface area contributed by atoms with Gasteiger partial charge in [0, 0.05) is 6.04 Å². The lowest BCUT2D eigenvalue weighted by Crippen LogP contribution is -2.49. The fourth-order valence-electron chi connectivity index (χ4n) is 2.36. The summed E-state index contributed by atoms with van der Waals surface area (Å²) in [6.07, 6.45) is 0. The Kier molecular flexibility index (Phi) is 5.59. The van der Waals surface area contributed by atoms with Crippen molar-refractivity contribution in [2.75, 3.05) is 6.61 Å². The van der Waals surface area contributed by atoms with Crippen LogP contribution >= 0.6 is 0 Å². The van der Waals surface area contributed by atoms with Gasteiger partial charge in [0.15, 0.2) is 0 Å². The van der Waals surface area contributed by atoms with Gasteiger partial charge in [-0.1, -0.05) is 19.9 Å². The third-order valence-corrected chi connectivity index (χ3v) is 3.24. The van der Waals surface area contributed by atoms with Crippen LogP contribution in [0, 0.1) is 18.3 Å². The predicted octanol–water partition coefficient (Wildman–Crippen LogP) is 3.78. The Labute approximate surface area is 123 Å². The highest BCUT2D eigenvalue weighted by Gasteiger charge is 2.25. The van der Waals surface area contributed by atoms with Gasteiger partial charge in [-0.05, 0) is 56.9 Å². The van der Waals surface area contributed by atoms with Crippen molar-refractivity contribution < 1.29 is 4.74 Å². The van der Waals surface area contributed by atoms with Crippen molar-refractivity contribution in [1.29, 1.82) is 5.26 Å². The van der Waals surface area contributed by atoms with Crippen molar-refractivity contribution in [2.45, 2.75) is 59.0 Å². The number of rotatable bonds is 6. The molecule has 3 heteroatoms. The van der Waals surface area contributed by atoms with Gasteiger partial charge < -0.3 is 4.74 Å².